The van der Waals surface area contributed by atoms with Crippen molar-refractivity contribution in [3.05, 3.63) is 90.3 Å². The Morgan fingerprint density at radius 1 is 0.864 bits per heavy atom. The number of methoxy groups -OCH3 is 1. The average molecular weight is 307 g/mol. The number of nitrogens with zero attached hydrogens (tertiary/aromatic N) is 1. The second-order valence-electron chi connectivity index (χ2n) is 4.84. The summed E-state index contributed by atoms with van der Waals surface area (Å²) < 4.78 is 5.25. The smallest absolute Gasteiger partial charge is 0.118 e. The van der Waals surface area contributed by atoms with E-state index in [-0.39, 0.29) is 5.25 Å². The van der Waals surface area contributed by atoms with Crippen LogP contribution < -0.4 is 4.74 Å². The highest BCUT2D eigenvalue weighted by Crippen LogP contribution is 2.39. The van der Waals surface area contributed by atoms with Gasteiger partial charge in [0.05, 0.1) is 18.1 Å². The van der Waals surface area contributed by atoms with E-state index in [1.807, 2.05) is 36.5 Å². The van der Waals surface area contributed by atoms with Crippen LogP contribution in [0.1, 0.15) is 16.5 Å². The Labute approximate surface area is 135 Å². The van der Waals surface area contributed by atoms with E-state index in [1.54, 1.807) is 18.9 Å². The average Bonchev–Trinajstić information content (AvgIpc) is 2.61. The van der Waals surface area contributed by atoms with Crippen molar-refractivity contribution < 1.29 is 4.74 Å². The molecule has 1 unspecified atom stereocenters. The lowest BCUT2D eigenvalue weighted by atomic mass is 10.1. The Balaban J connectivity index is 1.95. The van der Waals surface area contributed by atoms with Crippen LogP contribution in [0.5, 0.6) is 5.75 Å². The fourth-order valence-corrected chi connectivity index (χ4v) is 3.38. The van der Waals surface area contributed by atoms with E-state index in [1.165, 1.54) is 10.5 Å². The van der Waals surface area contributed by atoms with Crippen molar-refractivity contribution in [2.75, 3.05) is 7.11 Å². The predicted octanol–water partition coefficient (Wildman–Crippen LogP) is 4.97. The fraction of sp³-hybridized carbons (Fsp3) is 0.105. The summed E-state index contributed by atoms with van der Waals surface area (Å²) in [6, 6.07) is 24.7. The molecule has 0 spiro atoms. The van der Waals surface area contributed by atoms with E-state index in [4.69, 9.17) is 4.74 Å². The zero-order valence-corrected chi connectivity index (χ0v) is 13.2. The molecule has 1 aromatic heterocycles. The molecule has 0 amide bonds. The zero-order chi connectivity index (χ0) is 15.2. The van der Waals surface area contributed by atoms with Crippen LogP contribution in [-0.4, -0.2) is 12.1 Å². The summed E-state index contributed by atoms with van der Waals surface area (Å²) in [4.78, 5) is 5.77. The first-order chi connectivity index (χ1) is 10.9. The minimum Gasteiger partial charge on any atom is -0.497 e. The molecule has 110 valence electrons. The van der Waals surface area contributed by atoms with Crippen LogP contribution in [0.15, 0.2) is 83.9 Å². The number of aromatic nitrogens is 1. The number of rotatable bonds is 5. The monoisotopic (exact) mass is 307 g/mol. The lowest BCUT2D eigenvalue weighted by Crippen LogP contribution is -1.99. The van der Waals surface area contributed by atoms with Crippen molar-refractivity contribution in [2.24, 2.45) is 0 Å². The van der Waals surface area contributed by atoms with Crippen molar-refractivity contribution in [3.63, 3.8) is 0 Å². The van der Waals surface area contributed by atoms with Crippen molar-refractivity contribution in [1.29, 1.82) is 0 Å². The second-order valence-corrected chi connectivity index (χ2v) is 6.02. The molecule has 0 aliphatic rings. The van der Waals surface area contributed by atoms with Crippen LogP contribution in [-0.2, 0) is 0 Å². The van der Waals surface area contributed by atoms with Gasteiger partial charge in [-0.1, -0.05) is 36.4 Å². The van der Waals surface area contributed by atoms with Gasteiger partial charge in [0.2, 0.25) is 0 Å². The van der Waals surface area contributed by atoms with Crippen molar-refractivity contribution in [3.8, 4) is 5.75 Å². The van der Waals surface area contributed by atoms with E-state index < -0.39 is 0 Å². The molecule has 0 saturated carbocycles. The van der Waals surface area contributed by atoms with Gasteiger partial charge in [-0.2, -0.15) is 0 Å². The molecule has 0 saturated heterocycles. The molecule has 1 atom stereocenters. The van der Waals surface area contributed by atoms with E-state index >= 15 is 0 Å². The van der Waals surface area contributed by atoms with Crippen molar-refractivity contribution >= 4 is 11.8 Å². The standard InChI is InChI=1S/C19H17NOS/c1-21-16-12-10-15(11-13-16)19(18-9-5-6-14-20-18)22-17-7-3-2-4-8-17/h2-14,19H,1H3. The Kier molecular flexibility index (Phi) is 4.76. The van der Waals surface area contributed by atoms with Gasteiger partial charge in [0, 0.05) is 11.1 Å². The molecule has 1 heterocycles. The van der Waals surface area contributed by atoms with E-state index in [0.717, 1.165) is 11.4 Å². The lowest BCUT2D eigenvalue weighted by Gasteiger charge is -2.17. The van der Waals surface area contributed by atoms with Gasteiger partial charge < -0.3 is 4.74 Å². The summed E-state index contributed by atoms with van der Waals surface area (Å²) in [5, 5.41) is 0.162. The van der Waals surface area contributed by atoms with Gasteiger partial charge >= 0.3 is 0 Å². The maximum Gasteiger partial charge on any atom is 0.118 e. The maximum atomic E-state index is 5.25. The zero-order valence-electron chi connectivity index (χ0n) is 12.3. The van der Waals surface area contributed by atoms with Crippen molar-refractivity contribution in [2.45, 2.75) is 10.1 Å². The Morgan fingerprint density at radius 3 is 2.23 bits per heavy atom. The van der Waals surface area contributed by atoms with Gasteiger partial charge in [-0.05, 0) is 42.0 Å². The molecule has 0 radical (unpaired) electrons. The molecule has 2 nitrogen and oxygen atoms in total. The van der Waals surface area contributed by atoms with Crippen LogP contribution in [0.2, 0.25) is 0 Å². The number of thioether (sulfide) groups is 1. The molecular weight excluding hydrogens is 290 g/mol. The molecule has 3 rings (SSSR count). The van der Waals surface area contributed by atoms with Crippen LogP contribution in [0, 0.1) is 0 Å². The fourth-order valence-electron chi connectivity index (χ4n) is 2.24. The first kappa shape index (κ1) is 14.7. The normalized spacial score (nSPS) is 11.9. The van der Waals surface area contributed by atoms with Gasteiger partial charge in [0.15, 0.2) is 0 Å². The van der Waals surface area contributed by atoms with Crippen LogP contribution >= 0.6 is 11.8 Å². The van der Waals surface area contributed by atoms with Crippen LogP contribution in [0.4, 0.5) is 0 Å². The first-order valence-corrected chi connectivity index (χ1v) is 8.01. The Bertz CT molecular complexity index is 699. The van der Waals surface area contributed by atoms with Gasteiger partial charge in [-0.25, -0.2) is 0 Å². The molecule has 0 aliphatic carbocycles. The van der Waals surface area contributed by atoms with Gasteiger partial charge in [-0.3, -0.25) is 4.98 Å². The number of pyridine rings is 1. The molecule has 22 heavy (non-hydrogen) atoms. The largest absolute Gasteiger partial charge is 0.497 e. The second kappa shape index (κ2) is 7.14. The number of benzene rings is 2. The third-order valence-electron chi connectivity index (χ3n) is 3.37. The minimum atomic E-state index is 0.162. The highest BCUT2D eigenvalue weighted by molar-refractivity contribution is 7.99. The molecule has 2 aromatic carbocycles. The number of ether oxygens (including phenoxy) is 1. The quantitative estimate of drug-likeness (QED) is 0.621. The maximum absolute atomic E-state index is 5.25. The lowest BCUT2D eigenvalue weighted by molar-refractivity contribution is 0.414. The number of hydrogen-bond acceptors (Lipinski definition) is 3. The third kappa shape index (κ3) is 3.49. The predicted molar refractivity (Wildman–Crippen MR) is 91.4 cm³/mol. The summed E-state index contributed by atoms with van der Waals surface area (Å²) in [5.74, 6) is 0.869. The topological polar surface area (TPSA) is 22.1 Å². The van der Waals surface area contributed by atoms with Gasteiger partial charge in [-0.15, -0.1) is 11.8 Å². The first-order valence-electron chi connectivity index (χ1n) is 7.13. The SMILES string of the molecule is COc1ccc(C(Sc2ccccc2)c2ccccn2)cc1. The molecule has 0 bridgehead atoms. The van der Waals surface area contributed by atoms with Crippen molar-refractivity contribution in [1.82, 2.24) is 4.98 Å². The molecule has 0 fully saturated rings. The summed E-state index contributed by atoms with van der Waals surface area (Å²) in [6.45, 7) is 0. The molecule has 0 N–H and O–H groups in total. The van der Waals surface area contributed by atoms with Crippen LogP contribution in [0.25, 0.3) is 0 Å². The third-order valence-corrected chi connectivity index (χ3v) is 4.67. The van der Waals surface area contributed by atoms with E-state index in [0.29, 0.717) is 0 Å². The Hall–Kier alpha value is -2.26. The summed E-state index contributed by atoms with van der Waals surface area (Å²) in [6.07, 6.45) is 1.84. The Morgan fingerprint density at radius 2 is 1.59 bits per heavy atom. The van der Waals surface area contributed by atoms with Crippen LogP contribution in [0.3, 0.4) is 0 Å². The minimum absolute atomic E-state index is 0.162. The summed E-state index contributed by atoms with van der Waals surface area (Å²) in [5.41, 5.74) is 2.27. The molecule has 3 aromatic rings. The highest BCUT2D eigenvalue weighted by Gasteiger charge is 2.17. The molecule has 3 heteroatoms. The van der Waals surface area contributed by atoms with Gasteiger partial charge in [0.25, 0.3) is 0 Å². The van der Waals surface area contributed by atoms with E-state index in [9.17, 15) is 0 Å². The summed E-state index contributed by atoms with van der Waals surface area (Å²) >= 11 is 1.81. The molecule has 0 aliphatic heterocycles. The highest BCUT2D eigenvalue weighted by atomic mass is 32.2. The van der Waals surface area contributed by atoms with E-state index in [2.05, 4.69) is 47.4 Å². The number of hydrogen-bond donors (Lipinski definition) is 0. The molecular formula is C19H17NOS. The van der Waals surface area contributed by atoms with Gasteiger partial charge in [0.1, 0.15) is 5.75 Å². The summed E-state index contributed by atoms with van der Waals surface area (Å²) in [7, 11) is 1.68.